The minimum atomic E-state index is -0.492. The molecule has 0 atom stereocenters. The second-order valence-corrected chi connectivity index (χ2v) is 5.21. The van der Waals surface area contributed by atoms with Gasteiger partial charge in [0, 0.05) is 5.41 Å². The maximum atomic E-state index is 11.8. The lowest BCUT2D eigenvalue weighted by atomic mass is 9.91. The number of hydrogen-bond acceptors (Lipinski definition) is 6. The minimum absolute atomic E-state index is 0.156. The van der Waals surface area contributed by atoms with Gasteiger partial charge in [-0.1, -0.05) is 25.3 Å². The molecule has 1 aromatic heterocycles. The molecule has 0 aliphatic carbocycles. The summed E-state index contributed by atoms with van der Waals surface area (Å²) in [5.41, 5.74) is 0.371. The summed E-state index contributed by atoms with van der Waals surface area (Å²) in [6.45, 7) is 5.68. The lowest BCUT2D eigenvalue weighted by Crippen LogP contribution is -2.31. The Labute approximate surface area is 104 Å². The molecule has 1 heterocycles. The Morgan fingerprint density at radius 3 is 2.59 bits per heavy atom. The van der Waals surface area contributed by atoms with Crippen molar-refractivity contribution < 1.29 is 14.3 Å². The molecular formula is C10H15N3O3S. The quantitative estimate of drug-likeness (QED) is 0.808. The molecule has 0 bridgehead atoms. The number of ether oxygens (including phenoxy) is 1. The van der Waals surface area contributed by atoms with Gasteiger partial charge in [0.25, 0.3) is 5.91 Å². The first-order valence-corrected chi connectivity index (χ1v) is 5.81. The molecule has 0 aliphatic rings. The van der Waals surface area contributed by atoms with Crippen molar-refractivity contribution in [3.8, 4) is 0 Å². The number of nitrogens with zero attached hydrogens (tertiary/aromatic N) is 2. The highest BCUT2D eigenvalue weighted by atomic mass is 32.1. The minimum Gasteiger partial charge on any atom is -0.468 e. The topological polar surface area (TPSA) is 81.2 Å². The SMILES string of the molecule is COC(=O)CNC(=O)c1snnc1C(C)(C)C. The number of esters is 1. The zero-order chi connectivity index (χ0) is 13.1. The van der Waals surface area contributed by atoms with Crippen LogP contribution in [0.1, 0.15) is 36.1 Å². The maximum Gasteiger partial charge on any atom is 0.325 e. The normalized spacial score (nSPS) is 11.1. The van der Waals surface area contributed by atoms with Crippen LogP contribution in [0.2, 0.25) is 0 Å². The molecule has 0 radical (unpaired) electrons. The van der Waals surface area contributed by atoms with Crippen LogP contribution in [0.15, 0.2) is 0 Å². The lowest BCUT2D eigenvalue weighted by molar-refractivity contribution is -0.139. The standard InChI is InChI=1S/C10H15N3O3S/c1-10(2,3)8-7(17-13-12-8)9(15)11-5-6(14)16-4/h5H2,1-4H3,(H,11,15). The molecule has 6 nitrogen and oxygen atoms in total. The molecular weight excluding hydrogens is 242 g/mol. The second-order valence-electron chi connectivity index (χ2n) is 4.46. The van der Waals surface area contributed by atoms with Crippen molar-refractivity contribution >= 4 is 23.4 Å². The van der Waals surface area contributed by atoms with Crippen LogP contribution < -0.4 is 5.32 Å². The van der Waals surface area contributed by atoms with Crippen molar-refractivity contribution in [2.45, 2.75) is 26.2 Å². The van der Waals surface area contributed by atoms with Crippen LogP contribution in [0.3, 0.4) is 0 Å². The van der Waals surface area contributed by atoms with Gasteiger partial charge in [0.15, 0.2) is 0 Å². The van der Waals surface area contributed by atoms with E-state index in [0.29, 0.717) is 10.6 Å². The van der Waals surface area contributed by atoms with Crippen molar-refractivity contribution in [2.75, 3.05) is 13.7 Å². The maximum absolute atomic E-state index is 11.8. The van der Waals surface area contributed by atoms with Crippen LogP contribution in [0.5, 0.6) is 0 Å². The predicted octanol–water partition coefficient (Wildman–Crippen LogP) is 0.738. The van der Waals surface area contributed by atoms with Gasteiger partial charge in [-0.05, 0) is 11.5 Å². The van der Waals surface area contributed by atoms with Crippen LogP contribution in [0, 0.1) is 0 Å². The Balaban J connectivity index is 2.77. The third-order valence-corrected chi connectivity index (χ3v) is 2.75. The molecule has 0 saturated heterocycles. The van der Waals surface area contributed by atoms with Gasteiger partial charge in [-0.25, -0.2) is 0 Å². The second kappa shape index (κ2) is 5.22. The number of hydrogen-bond donors (Lipinski definition) is 1. The third kappa shape index (κ3) is 3.48. The zero-order valence-corrected chi connectivity index (χ0v) is 11.1. The van der Waals surface area contributed by atoms with Gasteiger partial charge >= 0.3 is 5.97 Å². The molecule has 1 N–H and O–H groups in total. The van der Waals surface area contributed by atoms with Gasteiger partial charge in [0.05, 0.1) is 12.8 Å². The number of aromatic nitrogens is 2. The molecule has 7 heteroatoms. The Morgan fingerprint density at radius 2 is 2.06 bits per heavy atom. The summed E-state index contributed by atoms with van der Waals surface area (Å²) in [6.07, 6.45) is 0. The van der Waals surface area contributed by atoms with Crippen molar-refractivity contribution in [3.63, 3.8) is 0 Å². The molecule has 1 rings (SSSR count). The lowest BCUT2D eigenvalue weighted by Gasteiger charge is -2.15. The Morgan fingerprint density at radius 1 is 1.41 bits per heavy atom. The average Bonchev–Trinajstić information content (AvgIpc) is 2.73. The summed E-state index contributed by atoms with van der Waals surface area (Å²) < 4.78 is 8.21. The van der Waals surface area contributed by atoms with Gasteiger partial charge in [0.1, 0.15) is 11.4 Å². The van der Waals surface area contributed by atoms with E-state index in [1.807, 2.05) is 20.8 Å². The highest BCUT2D eigenvalue weighted by Gasteiger charge is 2.26. The van der Waals surface area contributed by atoms with Gasteiger partial charge in [-0.2, -0.15) is 0 Å². The summed E-state index contributed by atoms with van der Waals surface area (Å²) in [6, 6.07) is 0. The van der Waals surface area contributed by atoms with Crippen LogP contribution in [0.25, 0.3) is 0 Å². The molecule has 1 amide bonds. The van der Waals surface area contributed by atoms with Gasteiger partial charge < -0.3 is 10.1 Å². The predicted molar refractivity (Wildman–Crippen MR) is 63.0 cm³/mol. The van der Waals surface area contributed by atoms with E-state index in [0.717, 1.165) is 11.5 Å². The van der Waals surface area contributed by atoms with E-state index < -0.39 is 5.97 Å². The average molecular weight is 257 g/mol. The summed E-state index contributed by atoms with van der Waals surface area (Å²) >= 11 is 1.02. The molecule has 0 aliphatic heterocycles. The largest absolute Gasteiger partial charge is 0.468 e. The number of amides is 1. The first-order chi connectivity index (χ1) is 7.86. The number of rotatable bonds is 3. The summed E-state index contributed by atoms with van der Waals surface area (Å²) in [7, 11) is 1.27. The number of nitrogens with one attached hydrogen (secondary N) is 1. The third-order valence-electron chi connectivity index (χ3n) is 2.03. The zero-order valence-electron chi connectivity index (χ0n) is 10.2. The number of carbonyl (C=O) groups is 2. The first-order valence-electron chi connectivity index (χ1n) is 5.04. The fourth-order valence-electron chi connectivity index (χ4n) is 1.14. The number of methoxy groups -OCH3 is 1. The Bertz CT molecular complexity index is 423. The van der Waals surface area contributed by atoms with Gasteiger partial charge in [0.2, 0.25) is 0 Å². The van der Waals surface area contributed by atoms with Crippen molar-refractivity contribution in [1.82, 2.24) is 14.9 Å². The van der Waals surface area contributed by atoms with E-state index in [9.17, 15) is 9.59 Å². The molecule has 0 unspecified atom stereocenters. The summed E-state index contributed by atoms with van der Waals surface area (Å²) in [5, 5.41) is 6.41. The van der Waals surface area contributed by atoms with Crippen LogP contribution in [-0.2, 0) is 14.9 Å². The monoisotopic (exact) mass is 257 g/mol. The van der Waals surface area contributed by atoms with Gasteiger partial charge in [-0.15, -0.1) is 5.10 Å². The number of carbonyl (C=O) groups excluding carboxylic acids is 2. The Hall–Kier alpha value is -1.50. The fourth-order valence-corrected chi connectivity index (χ4v) is 1.93. The smallest absolute Gasteiger partial charge is 0.325 e. The van der Waals surface area contributed by atoms with Crippen LogP contribution >= 0.6 is 11.5 Å². The highest BCUT2D eigenvalue weighted by molar-refractivity contribution is 7.08. The van der Waals surface area contributed by atoms with E-state index in [4.69, 9.17) is 0 Å². The molecule has 0 aromatic carbocycles. The van der Waals surface area contributed by atoms with E-state index >= 15 is 0 Å². The Kier molecular flexibility index (Phi) is 4.17. The molecule has 0 saturated carbocycles. The highest BCUT2D eigenvalue weighted by Crippen LogP contribution is 2.25. The van der Waals surface area contributed by atoms with Crippen LogP contribution in [0.4, 0.5) is 0 Å². The van der Waals surface area contributed by atoms with Crippen molar-refractivity contribution in [3.05, 3.63) is 10.6 Å². The summed E-state index contributed by atoms with van der Waals surface area (Å²) in [5.74, 6) is -0.844. The van der Waals surface area contributed by atoms with Crippen molar-refractivity contribution in [2.24, 2.45) is 0 Å². The molecule has 0 fully saturated rings. The molecule has 1 aromatic rings. The van der Waals surface area contributed by atoms with E-state index in [1.54, 1.807) is 0 Å². The molecule has 0 spiro atoms. The van der Waals surface area contributed by atoms with E-state index in [1.165, 1.54) is 7.11 Å². The van der Waals surface area contributed by atoms with Crippen LogP contribution in [-0.4, -0.2) is 35.1 Å². The van der Waals surface area contributed by atoms with Crippen molar-refractivity contribution in [1.29, 1.82) is 0 Å². The van der Waals surface area contributed by atoms with Gasteiger partial charge in [-0.3, -0.25) is 9.59 Å². The first kappa shape index (κ1) is 13.6. The van der Waals surface area contributed by atoms with E-state index in [-0.39, 0.29) is 17.9 Å². The fraction of sp³-hybridized carbons (Fsp3) is 0.600. The summed E-state index contributed by atoms with van der Waals surface area (Å²) in [4.78, 5) is 23.1. The van der Waals surface area contributed by atoms with E-state index in [2.05, 4.69) is 19.6 Å². The molecule has 17 heavy (non-hydrogen) atoms. The molecule has 94 valence electrons.